The summed E-state index contributed by atoms with van der Waals surface area (Å²) in [6.07, 6.45) is 5.27. The van der Waals surface area contributed by atoms with E-state index in [0.29, 0.717) is 0 Å². The summed E-state index contributed by atoms with van der Waals surface area (Å²) in [6.45, 7) is 4.84. The highest BCUT2D eigenvalue weighted by molar-refractivity contribution is 5.18. The maximum Gasteiger partial charge on any atom is 0.0626 e. The summed E-state index contributed by atoms with van der Waals surface area (Å²) in [5, 5.41) is 12.9. The quantitative estimate of drug-likeness (QED) is 0.739. The molecule has 1 aliphatic heterocycles. The van der Waals surface area contributed by atoms with E-state index in [4.69, 9.17) is 0 Å². The van der Waals surface area contributed by atoms with Crippen LogP contribution in [0.15, 0.2) is 30.3 Å². The van der Waals surface area contributed by atoms with Crippen molar-refractivity contribution in [2.24, 2.45) is 0 Å². The minimum atomic E-state index is 0.0718. The zero-order valence-corrected chi connectivity index (χ0v) is 11.7. The number of aliphatic hydroxyl groups excluding tert-OH is 1. The van der Waals surface area contributed by atoms with Gasteiger partial charge < -0.3 is 15.3 Å². The third-order valence-electron chi connectivity index (χ3n) is 3.88. The molecule has 3 heteroatoms. The van der Waals surface area contributed by atoms with Gasteiger partial charge in [0.2, 0.25) is 0 Å². The fraction of sp³-hybridized carbons (Fsp3) is 0.625. The molecule has 0 radical (unpaired) electrons. The normalized spacial score (nSPS) is 18.4. The molecule has 1 saturated heterocycles. The molecule has 0 aromatic heterocycles. The summed E-state index contributed by atoms with van der Waals surface area (Å²) in [4.78, 5) is 2.56. The molecule has 1 fully saturated rings. The van der Waals surface area contributed by atoms with Crippen molar-refractivity contribution in [1.29, 1.82) is 0 Å². The molecule has 19 heavy (non-hydrogen) atoms. The summed E-state index contributed by atoms with van der Waals surface area (Å²) >= 11 is 0. The zero-order chi connectivity index (χ0) is 13.3. The van der Waals surface area contributed by atoms with E-state index in [2.05, 4.69) is 22.3 Å². The molecule has 0 saturated carbocycles. The molecular weight excluding hydrogens is 236 g/mol. The topological polar surface area (TPSA) is 35.5 Å². The average Bonchev–Trinajstić information content (AvgIpc) is 2.49. The number of rotatable bonds is 7. The molecular formula is C16H26N2O. The van der Waals surface area contributed by atoms with E-state index >= 15 is 0 Å². The van der Waals surface area contributed by atoms with Gasteiger partial charge in [0, 0.05) is 0 Å². The van der Waals surface area contributed by atoms with Crippen molar-refractivity contribution in [2.75, 3.05) is 32.8 Å². The second kappa shape index (κ2) is 8.31. The molecule has 3 nitrogen and oxygen atoms in total. The first kappa shape index (κ1) is 14.5. The fourth-order valence-electron chi connectivity index (χ4n) is 2.74. The minimum absolute atomic E-state index is 0.0718. The van der Waals surface area contributed by atoms with Crippen LogP contribution in [-0.2, 0) is 0 Å². The Balaban J connectivity index is 1.66. The standard InChI is InChI=1S/C16H26N2O/c19-14-16(15-8-3-1-4-9-15)17-10-7-13-18-11-5-2-6-12-18/h1,3-4,8-9,16-17,19H,2,5-7,10-14H2. The Kier molecular flexibility index (Phi) is 6.34. The highest BCUT2D eigenvalue weighted by atomic mass is 16.3. The number of nitrogens with one attached hydrogen (secondary N) is 1. The van der Waals surface area contributed by atoms with Gasteiger partial charge in [0.1, 0.15) is 0 Å². The van der Waals surface area contributed by atoms with Crippen LogP contribution in [0.25, 0.3) is 0 Å². The van der Waals surface area contributed by atoms with Gasteiger partial charge in [0.15, 0.2) is 0 Å². The van der Waals surface area contributed by atoms with E-state index in [1.807, 2.05) is 18.2 Å². The van der Waals surface area contributed by atoms with Crippen molar-refractivity contribution in [1.82, 2.24) is 10.2 Å². The third kappa shape index (κ3) is 4.94. The molecule has 0 bridgehead atoms. The summed E-state index contributed by atoms with van der Waals surface area (Å²) in [7, 11) is 0. The smallest absolute Gasteiger partial charge is 0.0626 e. The van der Waals surface area contributed by atoms with Gasteiger partial charge in [-0.1, -0.05) is 36.8 Å². The Morgan fingerprint density at radius 3 is 2.53 bits per heavy atom. The minimum Gasteiger partial charge on any atom is -0.394 e. The number of nitrogens with zero attached hydrogens (tertiary/aromatic N) is 1. The number of likely N-dealkylation sites (tertiary alicyclic amines) is 1. The maximum atomic E-state index is 9.45. The molecule has 1 aromatic rings. The number of piperidine rings is 1. The van der Waals surface area contributed by atoms with Gasteiger partial charge in [0.05, 0.1) is 12.6 Å². The van der Waals surface area contributed by atoms with Crippen LogP contribution >= 0.6 is 0 Å². The van der Waals surface area contributed by atoms with E-state index in [0.717, 1.165) is 13.0 Å². The van der Waals surface area contributed by atoms with Gasteiger partial charge in [-0.25, -0.2) is 0 Å². The lowest BCUT2D eigenvalue weighted by atomic mass is 10.1. The summed E-state index contributed by atoms with van der Waals surface area (Å²) in [6, 6.07) is 10.3. The third-order valence-corrected chi connectivity index (χ3v) is 3.88. The van der Waals surface area contributed by atoms with Crippen molar-refractivity contribution < 1.29 is 5.11 Å². The van der Waals surface area contributed by atoms with Crippen molar-refractivity contribution in [3.63, 3.8) is 0 Å². The van der Waals surface area contributed by atoms with E-state index < -0.39 is 0 Å². The van der Waals surface area contributed by atoms with Gasteiger partial charge in [-0.05, 0) is 51.0 Å². The van der Waals surface area contributed by atoms with Crippen LogP contribution in [0.5, 0.6) is 0 Å². The van der Waals surface area contributed by atoms with Gasteiger partial charge in [0.25, 0.3) is 0 Å². The lowest BCUT2D eigenvalue weighted by Crippen LogP contribution is -2.33. The van der Waals surface area contributed by atoms with E-state index in [1.54, 1.807) is 0 Å². The predicted octanol–water partition coefficient (Wildman–Crippen LogP) is 2.19. The van der Waals surface area contributed by atoms with Crippen molar-refractivity contribution in [3.05, 3.63) is 35.9 Å². The van der Waals surface area contributed by atoms with E-state index in [1.165, 1.54) is 44.5 Å². The molecule has 0 aliphatic carbocycles. The zero-order valence-electron chi connectivity index (χ0n) is 11.7. The predicted molar refractivity (Wildman–Crippen MR) is 79.2 cm³/mol. The van der Waals surface area contributed by atoms with Crippen LogP contribution in [0, 0.1) is 0 Å². The molecule has 1 atom stereocenters. The van der Waals surface area contributed by atoms with Gasteiger partial charge in [-0.15, -0.1) is 0 Å². The first-order valence-corrected chi connectivity index (χ1v) is 7.51. The summed E-state index contributed by atoms with van der Waals surface area (Å²) in [5.74, 6) is 0. The van der Waals surface area contributed by atoms with Crippen LogP contribution in [0.4, 0.5) is 0 Å². The van der Waals surface area contributed by atoms with Gasteiger partial charge in [-0.3, -0.25) is 0 Å². The van der Waals surface area contributed by atoms with Crippen molar-refractivity contribution >= 4 is 0 Å². The van der Waals surface area contributed by atoms with E-state index in [9.17, 15) is 5.11 Å². The van der Waals surface area contributed by atoms with Crippen LogP contribution in [0.3, 0.4) is 0 Å². The molecule has 0 amide bonds. The van der Waals surface area contributed by atoms with E-state index in [-0.39, 0.29) is 12.6 Å². The van der Waals surface area contributed by atoms with Crippen LogP contribution in [0.1, 0.15) is 37.3 Å². The van der Waals surface area contributed by atoms with Gasteiger partial charge >= 0.3 is 0 Å². The first-order valence-electron chi connectivity index (χ1n) is 7.51. The maximum absolute atomic E-state index is 9.45. The molecule has 2 N–H and O–H groups in total. The highest BCUT2D eigenvalue weighted by Gasteiger charge is 2.11. The monoisotopic (exact) mass is 262 g/mol. The molecule has 1 unspecified atom stereocenters. The fourth-order valence-corrected chi connectivity index (χ4v) is 2.74. The molecule has 1 aromatic carbocycles. The summed E-state index contributed by atoms with van der Waals surface area (Å²) < 4.78 is 0. The number of benzene rings is 1. The molecule has 106 valence electrons. The Morgan fingerprint density at radius 1 is 1.11 bits per heavy atom. The molecule has 1 aliphatic rings. The Labute approximate surface area is 116 Å². The second-order valence-electron chi connectivity index (χ2n) is 5.36. The Hall–Kier alpha value is -0.900. The number of aliphatic hydroxyl groups is 1. The summed E-state index contributed by atoms with van der Waals surface area (Å²) in [5.41, 5.74) is 1.17. The van der Waals surface area contributed by atoms with Crippen LogP contribution in [0.2, 0.25) is 0 Å². The molecule has 0 spiro atoms. The SMILES string of the molecule is OCC(NCCCN1CCCCC1)c1ccccc1. The number of hydrogen-bond donors (Lipinski definition) is 2. The highest BCUT2D eigenvalue weighted by Crippen LogP contribution is 2.12. The largest absolute Gasteiger partial charge is 0.394 e. The Morgan fingerprint density at radius 2 is 1.84 bits per heavy atom. The second-order valence-corrected chi connectivity index (χ2v) is 5.36. The average molecular weight is 262 g/mol. The number of hydrogen-bond acceptors (Lipinski definition) is 3. The Bertz CT molecular complexity index is 336. The lowest BCUT2D eigenvalue weighted by molar-refractivity contribution is 0.217. The van der Waals surface area contributed by atoms with Gasteiger partial charge in [-0.2, -0.15) is 0 Å². The first-order chi connectivity index (χ1) is 9.40. The molecule has 2 rings (SSSR count). The van der Waals surface area contributed by atoms with Crippen LogP contribution in [-0.4, -0.2) is 42.8 Å². The van der Waals surface area contributed by atoms with Crippen molar-refractivity contribution in [2.45, 2.75) is 31.7 Å². The van der Waals surface area contributed by atoms with Crippen molar-refractivity contribution in [3.8, 4) is 0 Å². The van der Waals surface area contributed by atoms with Crippen LogP contribution < -0.4 is 5.32 Å². The molecule has 1 heterocycles. The lowest BCUT2D eigenvalue weighted by Gasteiger charge is -2.26.